The van der Waals surface area contributed by atoms with Crippen molar-refractivity contribution in [3.8, 4) is 11.5 Å². The maximum atomic E-state index is 5.92. The third-order valence-corrected chi connectivity index (χ3v) is 5.33. The molecule has 0 aromatic heterocycles. The number of hydrogen-bond donors (Lipinski definition) is 2. The van der Waals surface area contributed by atoms with Crippen molar-refractivity contribution in [3.63, 3.8) is 0 Å². The van der Waals surface area contributed by atoms with Gasteiger partial charge in [0.15, 0.2) is 5.96 Å². The van der Waals surface area contributed by atoms with Gasteiger partial charge < -0.3 is 25.0 Å². The van der Waals surface area contributed by atoms with Crippen LogP contribution in [0.1, 0.15) is 37.8 Å². The molecule has 1 aromatic rings. The highest BCUT2D eigenvalue weighted by atomic mass is 127. The Morgan fingerprint density at radius 1 is 1.36 bits per heavy atom. The molecule has 0 bridgehead atoms. The number of benzene rings is 1. The lowest BCUT2D eigenvalue weighted by Crippen LogP contribution is -2.43. The number of likely N-dealkylation sites (tertiary alicyclic amines) is 1. The van der Waals surface area contributed by atoms with Crippen LogP contribution in [0.2, 0.25) is 0 Å². The van der Waals surface area contributed by atoms with Gasteiger partial charge in [-0.25, -0.2) is 0 Å². The van der Waals surface area contributed by atoms with E-state index in [2.05, 4.69) is 46.6 Å². The molecule has 0 aliphatic carbocycles. The molecule has 2 unspecified atom stereocenters. The highest BCUT2D eigenvalue weighted by Gasteiger charge is 2.22. The van der Waals surface area contributed by atoms with Crippen LogP contribution >= 0.6 is 24.0 Å². The highest BCUT2D eigenvalue weighted by Crippen LogP contribution is 2.35. The van der Waals surface area contributed by atoms with E-state index in [1.165, 1.54) is 24.9 Å². The first-order valence-electron chi connectivity index (χ1n) is 10.2. The van der Waals surface area contributed by atoms with Gasteiger partial charge in [0.25, 0.3) is 0 Å². The molecule has 0 saturated carbocycles. The summed E-state index contributed by atoms with van der Waals surface area (Å²) in [6.45, 7) is 8.75. The molecule has 6 nitrogen and oxygen atoms in total. The van der Waals surface area contributed by atoms with Crippen molar-refractivity contribution in [2.45, 2.75) is 45.8 Å². The third-order valence-electron chi connectivity index (χ3n) is 5.33. The summed E-state index contributed by atoms with van der Waals surface area (Å²) in [6.07, 6.45) is 3.74. The molecule has 2 N–H and O–H groups in total. The quantitative estimate of drug-likeness (QED) is 0.356. The van der Waals surface area contributed by atoms with Gasteiger partial charge in [-0.05, 0) is 58.3 Å². The topological polar surface area (TPSA) is 58.1 Å². The summed E-state index contributed by atoms with van der Waals surface area (Å²) in [5.41, 5.74) is 2.34. The Bertz CT molecular complexity index is 668. The summed E-state index contributed by atoms with van der Waals surface area (Å²) < 4.78 is 11.8. The van der Waals surface area contributed by atoms with Crippen LogP contribution in [0.4, 0.5) is 0 Å². The number of guanidine groups is 1. The lowest BCUT2D eigenvalue weighted by Gasteiger charge is -2.30. The van der Waals surface area contributed by atoms with Crippen LogP contribution in [-0.4, -0.2) is 57.3 Å². The molecule has 0 radical (unpaired) electrons. The summed E-state index contributed by atoms with van der Waals surface area (Å²) >= 11 is 0. The first kappa shape index (κ1) is 23.1. The maximum Gasteiger partial charge on any atom is 0.191 e. The Morgan fingerprint density at radius 2 is 2.18 bits per heavy atom. The van der Waals surface area contributed by atoms with Gasteiger partial charge in [0.1, 0.15) is 17.6 Å². The van der Waals surface area contributed by atoms with E-state index in [-0.39, 0.29) is 30.1 Å². The van der Waals surface area contributed by atoms with Gasteiger partial charge in [-0.3, -0.25) is 4.99 Å². The fraction of sp³-hybridized carbons (Fsp3) is 0.667. The van der Waals surface area contributed by atoms with E-state index in [1.54, 1.807) is 0 Å². The van der Waals surface area contributed by atoms with E-state index in [0.29, 0.717) is 19.1 Å². The van der Waals surface area contributed by atoms with Crippen molar-refractivity contribution in [3.05, 3.63) is 23.3 Å². The summed E-state index contributed by atoms with van der Waals surface area (Å²) in [5, 5.41) is 6.91. The molecule has 2 heterocycles. The van der Waals surface area contributed by atoms with Gasteiger partial charge >= 0.3 is 0 Å². The molecular formula is C21H35IN4O2. The van der Waals surface area contributed by atoms with Crippen molar-refractivity contribution >= 4 is 29.9 Å². The summed E-state index contributed by atoms with van der Waals surface area (Å²) in [7, 11) is 4.02. The molecule has 7 heteroatoms. The van der Waals surface area contributed by atoms with Gasteiger partial charge in [-0.1, -0.05) is 0 Å². The Morgan fingerprint density at radius 3 is 2.89 bits per heavy atom. The van der Waals surface area contributed by atoms with Crippen molar-refractivity contribution in [1.29, 1.82) is 0 Å². The zero-order chi connectivity index (χ0) is 19.2. The SMILES string of the molecule is CCOc1cc2c(cc1CNC(=NC)NCC1CCCN(C)C1)OC(C)C2.I. The Kier molecular flexibility index (Phi) is 9.14. The van der Waals surface area contributed by atoms with Crippen molar-refractivity contribution in [2.24, 2.45) is 10.9 Å². The van der Waals surface area contributed by atoms with E-state index in [9.17, 15) is 0 Å². The summed E-state index contributed by atoms with van der Waals surface area (Å²) in [5.74, 6) is 3.43. The molecule has 0 amide bonds. The fourth-order valence-corrected chi connectivity index (χ4v) is 3.99. The predicted molar refractivity (Wildman–Crippen MR) is 125 cm³/mol. The van der Waals surface area contributed by atoms with Gasteiger partial charge in [-0.15, -0.1) is 24.0 Å². The van der Waals surface area contributed by atoms with Crippen LogP contribution in [0.25, 0.3) is 0 Å². The van der Waals surface area contributed by atoms with Crippen LogP contribution in [0.15, 0.2) is 17.1 Å². The maximum absolute atomic E-state index is 5.92. The van der Waals surface area contributed by atoms with Crippen LogP contribution in [0.3, 0.4) is 0 Å². The van der Waals surface area contributed by atoms with Crippen molar-refractivity contribution < 1.29 is 9.47 Å². The zero-order valence-corrected chi connectivity index (χ0v) is 19.9. The number of ether oxygens (including phenoxy) is 2. The number of piperidine rings is 1. The van der Waals surface area contributed by atoms with Crippen LogP contribution in [0.5, 0.6) is 11.5 Å². The van der Waals surface area contributed by atoms with Crippen LogP contribution in [0, 0.1) is 5.92 Å². The number of fused-ring (bicyclic) bond motifs is 1. The second-order valence-electron chi connectivity index (χ2n) is 7.71. The molecule has 3 rings (SSSR count). The number of hydrogen-bond acceptors (Lipinski definition) is 4. The third kappa shape index (κ3) is 6.14. The Labute approximate surface area is 186 Å². The van der Waals surface area contributed by atoms with E-state index in [0.717, 1.165) is 42.5 Å². The molecule has 1 aromatic carbocycles. The van der Waals surface area contributed by atoms with Crippen LogP contribution < -0.4 is 20.1 Å². The van der Waals surface area contributed by atoms with E-state index in [4.69, 9.17) is 9.47 Å². The number of aliphatic imine (C=N–C) groups is 1. The molecule has 0 spiro atoms. The molecule has 2 aliphatic heterocycles. The Hall–Kier alpha value is -1.22. The second kappa shape index (κ2) is 11.1. The lowest BCUT2D eigenvalue weighted by atomic mass is 9.99. The summed E-state index contributed by atoms with van der Waals surface area (Å²) in [4.78, 5) is 6.78. The molecule has 1 fully saturated rings. The monoisotopic (exact) mass is 502 g/mol. The molecule has 1 saturated heterocycles. The predicted octanol–water partition coefficient (Wildman–Crippen LogP) is 3.03. The number of nitrogens with zero attached hydrogens (tertiary/aromatic N) is 2. The van der Waals surface area contributed by atoms with Gasteiger partial charge in [0, 0.05) is 44.2 Å². The minimum atomic E-state index is 0. The average molecular weight is 502 g/mol. The first-order chi connectivity index (χ1) is 13.1. The summed E-state index contributed by atoms with van der Waals surface area (Å²) in [6, 6.07) is 4.24. The number of halogens is 1. The van der Waals surface area contributed by atoms with E-state index >= 15 is 0 Å². The number of nitrogens with one attached hydrogen (secondary N) is 2. The average Bonchev–Trinajstić information content (AvgIpc) is 3.01. The zero-order valence-electron chi connectivity index (χ0n) is 17.6. The lowest BCUT2D eigenvalue weighted by molar-refractivity contribution is 0.210. The van der Waals surface area contributed by atoms with E-state index in [1.807, 2.05) is 14.0 Å². The van der Waals surface area contributed by atoms with Gasteiger partial charge in [0.2, 0.25) is 0 Å². The smallest absolute Gasteiger partial charge is 0.191 e. The normalized spacial score (nSPS) is 22.1. The molecular weight excluding hydrogens is 467 g/mol. The first-order valence-corrected chi connectivity index (χ1v) is 10.2. The largest absolute Gasteiger partial charge is 0.494 e. The minimum absolute atomic E-state index is 0. The second-order valence-corrected chi connectivity index (χ2v) is 7.71. The molecule has 2 aliphatic rings. The highest BCUT2D eigenvalue weighted by molar-refractivity contribution is 14.0. The van der Waals surface area contributed by atoms with Crippen molar-refractivity contribution in [2.75, 3.05) is 40.3 Å². The van der Waals surface area contributed by atoms with E-state index < -0.39 is 0 Å². The van der Waals surface area contributed by atoms with Gasteiger partial charge in [0.05, 0.1) is 6.61 Å². The van der Waals surface area contributed by atoms with Crippen LogP contribution in [-0.2, 0) is 13.0 Å². The standard InChI is InChI=1S/C21H34N4O2.HI/c1-5-26-19-10-17-9-15(2)27-20(17)11-18(19)13-24-21(22-3)23-12-16-7-6-8-25(4)14-16;/h10-11,15-16H,5-9,12-14H2,1-4H3,(H2,22,23,24);1H. The molecule has 28 heavy (non-hydrogen) atoms. The Balaban J connectivity index is 0.00000280. The number of rotatable bonds is 6. The fourth-order valence-electron chi connectivity index (χ4n) is 3.99. The van der Waals surface area contributed by atoms with Crippen molar-refractivity contribution in [1.82, 2.24) is 15.5 Å². The molecule has 2 atom stereocenters. The minimum Gasteiger partial charge on any atom is -0.494 e. The molecule has 158 valence electrons. The van der Waals surface area contributed by atoms with Gasteiger partial charge in [-0.2, -0.15) is 0 Å².